The van der Waals surface area contributed by atoms with E-state index in [2.05, 4.69) is 10.6 Å². The summed E-state index contributed by atoms with van der Waals surface area (Å²) in [7, 11) is -1.88. The summed E-state index contributed by atoms with van der Waals surface area (Å²) >= 11 is 0. The van der Waals surface area contributed by atoms with Crippen LogP contribution in [0.25, 0.3) is 0 Å². The van der Waals surface area contributed by atoms with Gasteiger partial charge >= 0.3 is 11.8 Å². The number of nitrogens with zero attached hydrogens (tertiary/aromatic N) is 1. The Labute approximate surface area is 165 Å². The van der Waals surface area contributed by atoms with Crippen LogP contribution in [0.3, 0.4) is 0 Å². The van der Waals surface area contributed by atoms with Crippen LogP contribution in [0.1, 0.15) is 44.9 Å². The predicted octanol–water partition coefficient (Wildman–Crippen LogP) is 2.01. The molecule has 0 spiro atoms. The van der Waals surface area contributed by atoms with Gasteiger partial charge in [-0.05, 0) is 31.4 Å². The van der Waals surface area contributed by atoms with Gasteiger partial charge in [-0.15, -0.1) is 0 Å². The summed E-state index contributed by atoms with van der Waals surface area (Å²) in [5.74, 6) is -1.01. The van der Waals surface area contributed by atoms with Crippen LogP contribution in [0.5, 0.6) is 5.75 Å². The van der Waals surface area contributed by atoms with Crippen molar-refractivity contribution in [1.82, 2.24) is 5.32 Å². The third-order valence-corrected chi connectivity index (χ3v) is 7.09. The van der Waals surface area contributed by atoms with Crippen LogP contribution >= 0.6 is 0 Å². The number of hydrogen-bond donors (Lipinski definition) is 2. The molecule has 8 nitrogen and oxygen atoms in total. The Morgan fingerprint density at radius 2 is 1.79 bits per heavy atom. The first kappa shape index (κ1) is 20.4. The van der Waals surface area contributed by atoms with Gasteiger partial charge < -0.3 is 15.4 Å². The van der Waals surface area contributed by atoms with E-state index >= 15 is 0 Å². The molecule has 1 heterocycles. The van der Waals surface area contributed by atoms with Crippen LogP contribution in [0.15, 0.2) is 18.2 Å². The molecule has 2 aliphatic rings. The molecule has 0 aromatic heterocycles. The Bertz CT molecular complexity index is 832. The first-order valence-electron chi connectivity index (χ1n) is 9.71. The number of anilines is 2. The van der Waals surface area contributed by atoms with E-state index in [0.29, 0.717) is 30.1 Å². The van der Waals surface area contributed by atoms with Gasteiger partial charge in [-0.1, -0.05) is 25.7 Å². The van der Waals surface area contributed by atoms with Gasteiger partial charge in [0.25, 0.3) is 0 Å². The van der Waals surface area contributed by atoms with Gasteiger partial charge in [-0.3, -0.25) is 13.9 Å². The van der Waals surface area contributed by atoms with Crippen molar-refractivity contribution in [3.8, 4) is 5.75 Å². The molecule has 9 heteroatoms. The van der Waals surface area contributed by atoms with Gasteiger partial charge in [0.15, 0.2) is 0 Å². The van der Waals surface area contributed by atoms with E-state index in [1.54, 1.807) is 18.2 Å². The summed E-state index contributed by atoms with van der Waals surface area (Å²) in [6.45, 7) is 0.418. The molecule has 0 unspecified atom stereocenters. The molecule has 0 bridgehead atoms. The van der Waals surface area contributed by atoms with Crippen molar-refractivity contribution >= 4 is 33.2 Å². The van der Waals surface area contributed by atoms with E-state index in [4.69, 9.17) is 4.74 Å². The van der Waals surface area contributed by atoms with Crippen LogP contribution in [-0.2, 0) is 19.6 Å². The standard InChI is InChI=1S/C19H27N3O5S/c1-27-17-13-15(22-11-6-12-28(22,25)26)9-10-16(17)21-19(24)18(23)20-14-7-4-2-3-5-8-14/h9-10,13-14H,2-8,11-12H2,1H3,(H,20,23)(H,21,24). The highest BCUT2D eigenvalue weighted by Gasteiger charge is 2.29. The van der Waals surface area contributed by atoms with Crippen LogP contribution in [0.2, 0.25) is 0 Å². The number of ether oxygens (including phenoxy) is 1. The SMILES string of the molecule is COc1cc(N2CCCS2(=O)=O)ccc1NC(=O)C(=O)NC1CCCCCC1. The summed E-state index contributed by atoms with van der Waals surface area (Å²) in [5, 5.41) is 5.36. The molecule has 2 fully saturated rings. The number of carbonyl (C=O) groups excluding carboxylic acids is 2. The molecular weight excluding hydrogens is 382 g/mol. The first-order valence-corrected chi connectivity index (χ1v) is 11.3. The molecule has 28 heavy (non-hydrogen) atoms. The van der Waals surface area contributed by atoms with Gasteiger partial charge in [0.2, 0.25) is 10.0 Å². The molecule has 1 aliphatic carbocycles. The largest absolute Gasteiger partial charge is 0.494 e. The van der Waals surface area contributed by atoms with E-state index < -0.39 is 21.8 Å². The van der Waals surface area contributed by atoms with Crippen LogP contribution in [-0.4, -0.2) is 45.7 Å². The van der Waals surface area contributed by atoms with Crippen molar-refractivity contribution < 1.29 is 22.7 Å². The maximum absolute atomic E-state index is 12.3. The normalized spacial score (nSPS) is 19.7. The third-order valence-electron chi connectivity index (χ3n) is 5.22. The average Bonchev–Trinajstić information content (AvgIpc) is 2.86. The lowest BCUT2D eigenvalue weighted by atomic mass is 10.1. The fourth-order valence-corrected chi connectivity index (χ4v) is 5.28. The second-order valence-corrected chi connectivity index (χ2v) is 9.26. The molecule has 2 N–H and O–H groups in total. The minimum absolute atomic E-state index is 0.0328. The maximum atomic E-state index is 12.3. The Balaban J connectivity index is 1.67. The number of carbonyl (C=O) groups is 2. The highest BCUT2D eigenvalue weighted by molar-refractivity contribution is 7.93. The minimum atomic E-state index is -3.31. The lowest BCUT2D eigenvalue weighted by molar-refractivity contribution is -0.136. The van der Waals surface area contributed by atoms with Gasteiger partial charge in [-0.25, -0.2) is 8.42 Å². The molecule has 1 aromatic rings. The maximum Gasteiger partial charge on any atom is 0.313 e. The molecule has 154 valence electrons. The quantitative estimate of drug-likeness (QED) is 0.585. The zero-order valence-corrected chi connectivity index (χ0v) is 16.9. The average molecular weight is 410 g/mol. The third kappa shape index (κ3) is 4.76. The van der Waals surface area contributed by atoms with E-state index in [1.807, 2.05) is 0 Å². The lowest BCUT2D eigenvalue weighted by Gasteiger charge is -2.19. The van der Waals surface area contributed by atoms with Crippen LogP contribution < -0.4 is 19.7 Å². The van der Waals surface area contributed by atoms with Gasteiger partial charge in [0.1, 0.15) is 5.75 Å². The molecule has 1 aliphatic heterocycles. The van der Waals surface area contributed by atoms with Crippen LogP contribution in [0, 0.1) is 0 Å². The smallest absolute Gasteiger partial charge is 0.313 e. The summed E-state index contributed by atoms with van der Waals surface area (Å²) in [6.07, 6.45) is 6.79. The zero-order chi connectivity index (χ0) is 20.1. The summed E-state index contributed by atoms with van der Waals surface area (Å²) in [6, 6.07) is 4.75. The second-order valence-electron chi connectivity index (χ2n) is 7.24. The molecule has 1 saturated carbocycles. The van der Waals surface area contributed by atoms with Gasteiger partial charge in [0.05, 0.1) is 24.2 Å². The Morgan fingerprint density at radius 3 is 2.39 bits per heavy atom. The Morgan fingerprint density at radius 1 is 1.07 bits per heavy atom. The Kier molecular flexibility index (Phi) is 6.43. The fourth-order valence-electron chi connectivity index (χ4n) is 3.72. The van der Waals surface area contributed by atoms with Crippen molar-refractivity contribution in [3.05, 3.63) is 18.2 Å². The molecule has 1 saturated heterocycles. The number of methoxy groups -OCH3 is 1. The van der Waals surface area contributed by atoms with E-state index in [0.717, 1.165) is 38.5 Å². The van der Waals surface area contributed by atoms with E-state index in [9.17, 15) is 18.0 Å². The van der Waals surface area contributed by atoms with Crippen molar-refractivity contribution in [2.45, 2.75) is 51.0 Å². The van der Waals surface area contributed by atoms with Crippen molar-refractivity contribution in [2.24, 2.45) is 0 Å². The number of rotatable bonds is 4. The number of sulfonamides is 1. The molecule has 3 rings (SSSR count). The summed E-state index contributed by atoms with van der Waals surface area (Å²) in [4.78, 5) is 24.5. The van der Waals surface area contributed by atoms with E-state index in [-0.39, 0.29) is 11.8 Å². The second kappa shape index (κ2) is 8.81. The molecule has 0 radical (unpaired) electrons. The van der Waals surface area contributed by atoms with Gasteiger partial charge in [-0.2, -0.15) is 0 Å². The minimum Gasteiger partial charge on any atom is -0.494 e. The van der Waals surface area contributed by atoms with Crippen molar-refractivity contribution in [1.29, 1.82) is 0 Å². The Hall–Kier alpha value is -2.29. The highest BCUT2D eigenvalue weighted by atomic mass is 32.2. The van der Waals surface area contributed by atoms with E-state index in [1.165, 1.54) is 11.4 Å². The van der Waals surface area contributed by atoms with Crippen molar-refractivity contribution in [2.75, 3.05) is 29.0 Å². The molecule has 1 aromatic carbocycles. The topological polar surface area (TPSA) is 105 Å². The van der Waals surface area contributed by atoms with Crippen LogP contribution in [0.4, 0.5) is 11.4 Å². The summed E-state index contributed by atoms with van der Waals surface area (Å²) in [5.41, 5.74) is 0.805. The molecule has 2 amide bonds. The predicted molar refractivity (Wildman–Crippen MR) is 107 cm³/mol. The van der Waals surface area contributed by atoms with Crippen molar-refractivity contribution in [3.63, 3.8) is 0 Å². The highest BCUT2D eigenvalue weighted by Crippen LogP contribution is 2.32. The monoisotopic (exact) mass is 409 g/mol. The number of benzene rings is 1. The zero-order valence-electron chi connectivity index (χ0n) is 16.1. The lowest BCUT2D eigenvalue weighted by Crippen LogP contribution is -2.41. The number of nitrogens with one attached hydrogen (secondary N) is 2. The van der Waals surface area contributed by atoms with Gasteiger partial charge in [0, 0.05) is 18.7 Å². The summed E-state index contributed by atoms with van der Waals surface area (Å²) < 4.78 is 30.8. The number of amides is 2. The molecule has 0 atom stereocenters. The number of hydrogen-bond acceptors (Lipinski definition) is 5. The molecular formula is C19H27N3O5S. The first-order chi connectivity index (χ1) is 13.4. The fraction of sp³-hybridized carbons (Fsp3) is 0.579.